The highest BCUT2D eigenvalue weighted by Gasteiger charge is 2.19. The third-order valence-corrected chi connectivity index (χ3v) is 1.50. The Bertz CT molecular complexity index is 260. The first kappa shape index (κ1) is 14.4. The minimum atomic E-state index is -0.791. The maximum atomic E-state index is 11.1. The van der Waals surface area contributed by atoms with E-state index < -0.39 is 24.0 Å². The van der Waals surface area contributed by atoms with Crippen LogP contribution in [0.5, 0.6) is 0 Å². The molecular weight excluding hydrogens is 216 g/mol. The van der Waals surface area contributed by atoms with Gasteiger partial charge >= 0.3 is 17.9 Å². The zero-order valence-electron chi connectivity index (χ0n) is 9.65. The largest absolute Gasteiger partial charge is 0.466 e. The van der Waals surface area contributed by atoms with Crippen molar-refractivity contribution in [1.29, 1.82) is 0 Å². The average Bonchev–Trinajstić information content (AvgIpc) is 2.13. The van der Waals surface area contributed by atoms with Crippen LogP contribution in [0.4, 0.5) is 0 Å². The van der Waals surface area contributed by atoms with Crippen LogP contribution in [0.1, 0.15) is 27.2 Å². The summed E-state index contributed by atoms with van der Waals surface area (Å²) >= 11 is 0. The summed E-state index contributed by atoms with van der Waals surface area (Å²) in [7, 11) is 0. The molecule has 0 saturated heterocycles. The molecule has 0 rings (SSSR count). The van der Waals surface area contributed by atoms with Crippen LogP contribution in [0.25, 0.3) is 0 Å². The van der Waals surface area contributed by atoms with E-state index in [0.717, 1.165) is 0 Å². The molecule has 0 unspecified atom stereocenters. The molecule has 0 amide bonds. The Kier molecular flexibility index (Phi) is 6.91. The molecule has 0 aliphatic heterocycles. The molecule has 0 heterocycles. The van der Waals surface area contributed by atoms with Gasteiger partial charge in [-0.25, -0.2) is 0 Å². The highest BCUT2D eigenvalue weighted by molar-refractivity contribution is 5.71. The monoisotopic (exact) mass is 232 g/mol. The second kappa shape index (κ2) is 7.67. The summed E-state index contributed by atoms with van der Waals surface area (Å²) in [5.41, 5.74) is 0. The number of carbonyl (C=O) groups excluding carboxylic acids is 3. The normalized spacial score (nSPS) is 11.4. The summed E-state index contributed by atoms with van der Waals surface area (Å²) in [5, 5.41) is 0. The van der Waals surface area contributed by atoms with Crippen molar-refractivity contribution in [2.75, 3.05) is 13.2 Å². The van der Waals surface area contributed by atoms with Gasteiger partial charge in [-0.05, 0) is 6.92 Å². The molecule has 16 heavy (non-hydrogen) atoms. The van der Waals surface area contributed by atoms with Crippen molar-refractivity contribution in [3.8, 4) is 0 Å². The fourth-order valence-electron chi connectivity index (χ4n) is 0.985. The summed E-state index contributed by atoms with van der Waals surface area (Å²) in [6, 6.07) is 0. The van der Waals surface area contributed by atoms with Gasteiger partial charge in [-0.1, -0.05) is 0 Å². The van der Waals surface area contributed by atoms with E-state index in [0.29, 0.717) is 0 Å². The van der Waals surface area contributed by atoms with Crippen molar-refractivity contribution in [2.45, 2.75) is 33.3 Å². The second-order valence-corrected chi connectivity index (χ2v) is 3.04. The van der Waals surface area contributed by atoms with E-state index in [1.165, 1.54) is 13.8 Å². The Hall–Kier alpha value is -1.59. The Morgan fingerprint density at radius 1 is 1.06 bits per heavy atom. The zero-order chi connectivity index (χ0) is 12.6. The van der Waals surface area contributed by atoms with Crippen molar-refractivity contribution in [3.63, 3.8) is 0 Å². The van der Waals surface area contributed by atoms with Crippen LogP contribution < -0.4 is 0 Å². The van der Waals surface area contributed by atoms with E-state index in [2.05, 4.69) is 4.74 Å². The number of hydrogen-bond donors (Lipinski definition) is 0. The maximum absolute atomic E-state index is 11.1. The van der Waals surface area contributed by atoms with Gasteiger partial charge in [0, 0.05) is 13.8 Å². The first-order valence-electron chi connectivity index (χ1n) is 4.91. The Balaban J connectivity index is 4.13. The topological polar surface area (TPSA) is 78.9 Å². The lowest BCUT2D eigenvalue weighted by Gasteiger charge is -2.15. The fraction of sp³-hybridized carbons (Fsp3) is 0.700. The van der Waals surface area contributed by atoms with Crippen LogP contribution in [0.15, 0.2) is 0 Å². The smallest absolute Gasteiger partial charge is 0.309 e. The molecule has 0 aromatic heterocycles. The van der Waals surface area contributed by atoms with E-state index >= 15 is 0 Å². The van der Waals surface area contributed by atoms with Gasteiger partial charge in [-0.15, -0.1) is 0 Å². The molecule has 0 aliphatic rings. The maximum Gasteiger partial charge on any atom is 0.309 e. The third-order valence-electron chi connectivity index (χ3n) is 1.50. The molecule has 0 aromatic carbocycles. The van der Waals surface area contributed by atoms with Crippen LogP contribution in [-0.2, 0) is 28.6 Å². The summed E-state index contributed by atoms with van der Waals surface area (Å²) in [6.07, 6.45) is -0.916. The number of esters is 3. The first-order valence-corrected chi connectivity index (χ1v) is 4.91. The van der Waals surface area contributed by atoms with Crippen LogP contribution in [0, 0.1) is 0 Å². The Morgan fingerprint density at radius 2 is 1.69 bits per heavy atom. The zero-order valence-corrected chi connectivity index (χ0v) is 9.65. The predicted molar refractivity (Wildman–Crippen MR) is 53.4 cm³/mol. The molecule has 0 bridgehead atoms. The summed E-state index contributed by atoms with van der Waals surface area (Å²) in [4.78, 5) is 32.4. The molecular formula is C10H16O6. The van der Waals surface area contributed by atoms with Crippen LogP contribution in [0.2, 0.25) is 0 Å². The molecule has 1 atom stereocenters. The van der Waals surface area contributed by atoms with Crippen LogP contribution in [-0.4, -0.2) is 37.2 Å². The molecule has 0 saturated carbocycles. The minimum absolute atomic E-state index is 0.124. The SMILES string of the molecule is CCOC(=O)C[C@@H](COC(C)=O)OC(C)=O. The molecule has 0 aliphatic carbocycles. The van der Waals surface area contributed by atoms with Gasteiger partial charge < -0.3 is 14.2 Å². The average molecular weight is 232 g/mol. The molecule has 0 spiro atoms. The standard InChI is InChI=1S/C10H16O6/c1-4-14-10(13)5-9(16-8(3)12)6-15-7(2)11/h9H,4-6H2,1-3H3/t9-/m0/s1. The van der Waals surface area contributed by atoms with E-state index in [1.807, 2.05) is 0 Å². The number of carbonyl (C=O) groups is 3. The molecule has 0 fully saturated rings. The van der Waals surface area contributed by atoms with Gasteiger partial charge in [0.05, 0.1) is 13.0 Å². The Labute approximate surface area is 93.8 Å². The number of hydrogen-bond acceptors (Lipinski definition) is 6. The van der Waals surface area contributed by atoms with Gasteiger partial charge in [-0.2, -0.15) is 0 Å². The molecule has 6 heteroatoms. The lowest BCUT2D eigenvalue weighted by molar-refractivity contribution is -0.161. The van der Waals surface area contributed by atoms with Gasteiger partial charge in [0.1, 0.15) is 12.7 Å². The highest BCUT2D eigenvalue weighted by Crippen LogP contribution is 2.02. The van der Waals surface area contributed by atoms with E-state index in [4.69, 9.17) is 9.47 Å². The summed E-state index contributed by atoms with van der Waals surface area (Å²) < 4.78 is 14.2. The number of rotatable bonds is 6. The summed E-state index contributed by atoms with van der Waals surface area (Å²) in [5.74, 6) is -1.54. The van der Waals surface area contributed by atoms with Crippen molar-refractivity contribution < 1.29 is 28.6 Å². The fourth-order valence-corrected chi connectivity index (χ4v) is 0.985. The molecule has 0 radical (unpaired) electrons. The Morgan fingerprint density at radius 3 is 2.12 bits per heavy atom. The van der Waals surface area contributed by atoms with Crippen molar-refractivity contribution in [2.24, 2.45) is 0 Å². The van der Waals surface area contributed by atoms with Gasteiger partial charge in [-0.3, -0.25) is 14.4 Å². The minimum Gasteiger partial charge on any atom is -0.466 e. The van der Waals surface area contributed by atoms with Gasteiger partial charge in [0.25, 0.3) is 0 Å². The van der Waals surface area contributed by atoms with E-state index in [9.17, 15) is 14.4 Å². The summed E-state index contributed by atoms with van der Waals surface area (Å²) in [6.45, 7) is 4.22. The van der Waals surface area contributed by atoms with Crippen LogP contribution in [0.3, 0.4) is 0 Å². The second-order valence-electron chi connectivity index (χ2n) is 3.04. The first-order chi connectivity index (χ1) is 7.45. The van der Waals surface area contributed by atoms with Crippen molar-refractivity contribution in [1.82, 2.24) is 0 Å². The lowest BCUT2D eigenvalue weighted by atomic mass is 10.2. The third kappa shape index (κ3) is 7.78. The van der Waals surface area contributed by atoms with Crippen LogP contribution >= 0.6 is 0 Å². The predicted octanol–water partition coefficient (Wildman–Crippen LogP) is 0.434. The quantitative estimate of drug-likeness (QED) is 0.488. The molecule has 92 valence electrons. The highest BCUT2D eigenvalue weighted by atomic mass is 16.6. The molecule has 6 nitrogen and oxygen atoms in total. The van der Waals surface area contributed by atoms with Crippen molar-refractivity contribution >= 4 is 17.9 Å². The lowest BCUT2D eigenvalue weighted by Crippen LogP contribution is -2.27. The van der Waals surface area contributed by atoms with E-state index in [1.54, 1.807) is 6.92 Å². The van der Waals surface area contributed by atoms with Crippen molar-refractivity contribution in [3.05, 3.63) is 0 Å². The number of ether oxygens (including phenoxy) is 3. The molecule has 0 N–H and O–H groups in total. The van der Waals surface area contributed by atoms with E-state index in [-0.39, 0.29) is 19.6 Å². The molecule has 0 aromatic rings. The van der Waals surface area contributed by atoms with Gasteiger partial charge in [0.15, 0.2) is 0 Å². The van der Waals surface area contributed by atoms with Gasteiger partial charge in [0.2, 0.25) is 0 Å².